The zero-order valence-electron chi connectivity index (χ0n) is 13.7. The number of fused-ring (bicyclic) bond motifs is 1. The third kappa shape index (κ3) is 3.51. The van der Waals surface area contributed by atoms with E-state index in [-0.39, 0.29) is 0 Å². The summed E-state index contributed by atoms with van der Waals surface area (Å²) in [6.07, 6.45) is 6.04. The molecule has 0 spiro atoms. The van der Waals surface area contributed by atoms with Gasteiger partial charge < -0.3 is 9.72 Å². The average Bonchev–Trinajstić information content (AvgIpc) is 3.10. The van der Waals surface area contributed by atoms with Crippen molar-refractivity contribution in [1.29, 1.82) is 0 Å². The van der Waals surface area contributed by atoms with Gasteiger partial charge in [-0.3, -0.25) is 0 Å². The van der Waals surface area contributed by atoms with Gasteiger partial charge in [-0.15, -0.1) is 0 Å². The van der Waals surface area contributed by atoms with Crippen LogP contribution in [0.1, 0.15) is 28.9 Å². The number of benzene rings is 2. The van der Waals surface area contributed by atoms with Crippen molar-refractivity contribution in [2.75, 3.05) is 6.61 Å². The van der Waals surface area contributed by atoms with Crippen LogP contribution < -0.4 is 4.74 Å². The van der Waals surface area contributed by atoms with E-state index in [1.54, 1.807) is 6.33 Å². The van der Waals surface area contributed by atoms with Crippen molar-refractivity contribution in [3.8, 4) is 5.75 Å². The normalized spacial score (nSPS) is 16.6. The molecule has 0 saturated heterocycles. The van der Waals surface area contributed by atoms with Crippen LogP contribution in [0.15, 0.2) is 60.9 Å². The summed E-state index contributed by atoms with van der Waals surface area (Å²) in [5.74, 6) is 1.52. The van der Waals surface area contributed by atoms with Gasteiger partial charge in [-0.25, -0.2) is 4.98 Å². The van der Waals surface area contributed by atoms with E-state index in [1.165, 1.54) is 28.9 Å². The van der Waals surface area contributed by atoms with Gasteiger partial charge in [-0.05, 0) is 54.9 Å². The smallest absolute Gasteiger partial charge is 0.119 e. The summed E-state index contributed by atoms with van der Waals surface area (Å²) >= 11 is 0. The van der Waals surface area contributed by atoms with Crippen LogP contribution in [0.5, 0.6) is 5.75 Å². The second-order valence-corrected chi connectivity index (χ2v) is 6.55. The van der Waals surface area contributed by atoms with Gasteiger partial charge in [-0.2, -0.15) is 0 Å². The molecule has 0 saturated carbocycles. The summed E-state index contributed by atoms with van der Waals surface area (Å²) in [5, 5.41) is 0. The molecule has 0 aliphatic heterocycles. The Kier molecular flexibility index (Phi) is 4.32. The Morgan fingerprint density at radius 2 is 1.79 bits per heavy atom. The van der Waals surface area contributed by atoms with Gasteiger partial charge in [0.1, 0.15) is 5.75 Å². The van der Waals surface area contributed by atoms with Crippen molar-refractivity contribution in [1.82, 2.24) is 9.97 Å². The standard InChI is InChI=1S/C21H22N2O/c1-2-4-16(5-3-1)12-17-6-9-19(10-7-17)24-14-18-8-11-20-21(13-18)23-15-22-20/h1-7,9-10,15,18H,8,11-14H2,(H,22,23). The van der Waals surface area contributed by atoms with Crippen LogP contribution in [-0.4, -0.2) is 16.6 Å². The molecule has 4 rings (SSSR count). The molecular weight excluding hydrogens is 296 g/mol. The predicted octanol–water partition coefficient (Wildman–Crippen LogP) is 4.18. The number of aryl methyl sites for hydroxylation is 1. The van der Waals surface area contributed by atoms with Gasteiger partial charge in [0, 0.05) is 5.69 Å². The van der Waals surface area contributed by atoms with E-state index >= 15 is 0 Å². The Bertz CT molecular complexity index is 777. The number of aromatic amines is 1. The lowest BCUT2D eigenvalue weighted by Crippen LogP contribution is -2.20. The van der Waals surface area contributed by atoms with Crippen LogP contribution in [0.2, 0.25) is 0 Å². The van der Waals surface area contributed by atoms with E-state index in [1.807, 2.05) is 0 Å². The summed E-state index contributed by atoms with van der Waals surface area (Å²) in [4.78, 5) is 7.63. The molecular formula is C21H22N2O. The van der Waals surface area contributed by atoms with Crippen molar-refractivity contribution < 1.29 is 4.74 Å². The second kappa shape index (κ2) is 6.91. The lowest BCUT2D eigenvalue weighted by Gasteiger charge is -2.21. The minimum atomic E-state index is 0.560. The van der Waals surface area contributed by atoms with Gasteiger partial charge in [0.2, 0.25) is 0 Å². The van der Waals surface area contributed by atoms with Crippen molar-refractivity contribution in [2.45, 2.75) is 25.7 Å². The van der Waals surface area contributed by atoms with Crippen LogP contribution in [0.25, 0.3) is 0 Å². The number of aromatic nitrogens is 2. The van der Waals surface area contributed by atoms with E-state index < -0.39 is 0 Å². The average molecular weight is 318 g/mol. The summed E-state index contributed by atoms with van der Waals surface area (Å²) in [7, 11) is 0. The molecule has 1 aliphatic carbocycles. The van der Waals surface area contributed by atoms with Crippen molar-refractivity contribution in [2.24, 2.45) is 5.92 Å². The molecule has 1 unspecified atom stereocenters. The van der Waals surface area contributed by atoms with Crippen LogP contribution >= 0.6 is 0 Å². The monoisotopic (exact) mass is 318 g/mol. The maximum absolute atomic E-state index is 6.00. The van der Waals surface area contributed by atoms with Crippen molar-refractivity contribution in [3.63, 3.8) is 0 Å². The lowest BCUT2D eigenvalue weighted by atomic mass is 9.90. The van der Waals surface area contributed by atoms with Gasteiger partial charge in [-0.1, -0.05) is 42.5 Å². The number of hydrogen-bond acceptors (Lipinski definition) is 2. The Balaban J connectivity index is 1.31. The molecule has 24 heavy (non-hydrogen) atoms. The highest BCUT2D eigenvalue weighted by atomic mass is 16.5. The highest BCUT2D eigenvalue weighted by molar-refractivity contribution is 5.31. The molecule has 3 heteroatoms. The van der Waals surface area contributed by atoms with Crippen molar-refractivity contribution in [3.05, 3.63) is 83.4 Å². The first-order valence-corrected chi connectivity index (χ1v) is 8.63. The first-order valence-electron chi connectivity index (χ1n) is 8.63. The predicted molar refractivity (Wildman–Crippen MR) is 95.3 cm³/mol. The van der Waals surface area contributed by atoms with Gasteiger partial charge in [0.05, 0.1) is 18.6 Å². The minimum Gasteiger partial charge on any atom is -0.493 e. The molecule has 0 bridgehead atoms. The summed E-state index contributed by atoms with van der Waals surface area (Å²) in [6, 6.07) is 19.0. The highest BCUT2D eigenvalue weighted by Gasteiger charge is 2.21. The van der Waals surface area contributed by atoms with E-state index in [9.17, 15) is 0 Å². The molecule has 3 nitrogen and oxygen atoms in total. The van der Waals surface area contributed by atoms with E-state index in [4.69, 9.17) is 4.74 Å². The van der Waals surface area contributed by atoms with Crippen LogP contribution in [0.3, 0.4) is 0 Å². The first kappa shape index (κ1) is 15.0. The first-order chi connectivity index (χ1) is 11.9. The number of rotatable bonds is 5. The van der Waals surface area contributed by atoms with Crippen LogP contribution in [0, 0.1) is 5.92 Å². The molecule has 122 valence electrons. The van der Waals surface area contributed by atoms with E-state index in [0.29, 0.717) is 5.92 Å². The van der Waals surface area contributed by atoms with E-state index in [2.05, 4.69) is 64.6 Å². The third-order valence-corrected chi connectivity index (χ3v) is 4.75. The van der Waals surface area contributed by atoms with Gasteiger partial charge >= 0.3 is 0 Å². The third-order valence-electron chi connectivity index (χ3n) is 4.75. The molecule has 1 atom stereocenters. The molecule has 1 aliphatic rings. The summed E-state index contributed by atoms with van der Waals surface area (Å²) in [5.41, 5.74) is 5.17. The van der Waals surface area contributed by atoms with Crippen LogP contribution in [0.4, 0.5) is 0 Å². The molecule has 3 aromatic rings. The van der Waals surface area contributed by atoms with Gasteiger partial charge in [0.25, 0.3) is 0 Å². The maximum atomic E-state index is 6.00. The lowest BCUT2D eigenvalue weighted by molar-refractivity contribution is 0.233. The number of imidazole rings is 1. The molecule has 1 N–H and O–H groups in total. The second-order valence-electron chi connectivity index (χ2n) is 6.55. The Hall–Kier alpha value is -2.55. The molecule has 1 heterocycles. The number of hydrogen-bond donors (Lipinski definition) is 1. The van der Waals surface area contributed by atoms with Gasteiger partial charge in [0.15, 0.2) is 0 Å². The minimum absolute atomic E-state index is 0.560. The number of ether oxygens (including phenoxy) is 1. The Labute approximate surface area is 142 Å². The quantitative estimate of drug-likeness (QED) is 0.766. The molecule has 0 radical (unpaired) electrons. The Morgan fingerprint density at radius 1 is 1.00 bits per heavy atom. The fourth-order valence-electron chi connectivity index (χ4n) is 3.36. The van der Waals surface area contributed by atoms with Crippen LogP contribution in [-0.2, 0) is 19.3 Å². The zero-order valence-corrected chi connectivity index (χ0v) is 13.7. The fourth-order valence-corrected chi connectivity index (χ4v) is 3.36. The Morgan fingerprint density at radius 3 is 2.62 bits per heavy atom. The SMILES string of the molecule is c1ccc(Cc2ccc(OCC3CCc4[nH]cnc4C3)cc2)cc1. The summed E-state index contributed by atoms with van der Waals surface area (Å²) in [6.45, 7) is 0.768. The number of H-pyrrole nitrogens is 1. The fraction of sp³-hybridized carbons (Fsp3) is 0.286. The van der Waals surface area contributed by atoms with E-state index in [0.717, 1.165) is 31.6 Å². The number of nitrogens with zero attached hydrogens (tertiary/aromatic N) is 1. The molecule has 0 fully saturated rings. The van der Waals surface area contributed by atoms with Crippen molar-refractivity contribution >= 4 is 0 Å². The topological polar surface area (TPSA) is 37.9 Å². The summed E-state index contributed by atoms with van der Waals surface area (Å²) < 4.78 is 6.00. The molecule has 2 aromatic carbocycles. The zero-order chi connectivity index (χ0) is 16.2. The highest BCUT2D eigenvalue weighted by Crippen LogP contribution is 2.24. The molecule has 0 amide bonds. The number of nitrogens with one attached hydrogen (secondary N) is 1. The largest absolute Gasteiger partial charge is 0.493 e. The molecule has 1 aromatic heterocycles. The maximum Gasteiger partial charge on any atom is 0.119 e.